The molecule has 0 saturated carbocycles. The lowest BCUT2D eigenvalue weighted by Crippen LogP contribution is -2.36. The highest BCUT2D eigenvalue weighted by Crippen LogP contribution is 2.32. The molecule has 0 aliphatic carbocycles. The number of nitrogens with zero attached hydrogens (tertiary/aromatic N) is 5. The fourth-order valence-electron chi connectivity index (χ4n) is 5.17. The van der Waals surface area contributed by atoms with E-state index in [2.05, 4.69) is 39.3 Å². The van der Waals surface area contributed by atoms with E-state index in [9.17, 15) is 8.42 Å². The van der Waals surface area contributed by atoms with Crippen molar-refractivity contribution in [3.05, 3.63) is 58.7 Å². The van der Waals surface area contributed by atoms with Gasteiger partial charge in [0, 0.05) is 38.7 Å². The van der Waals surface area contributed by atoms with E-state index in [1.54, 1.807) is 26.0 Å². The van der Waals surface area contributed by atoms with Gasteiger partial charge in [-0.15, -0.1) is 0 Å². The summed E-state index contributed by atoms with van der Waals surface area (Å²) in [6.45, 7) is 12.2. The summed E-state index contributed by atoms with van der Waals surface area (Å²) < 4.78 is 36.7. The molecule has 1 aromatic carbocycles. The van der Waals surface area contributed by atoms with E-state index >= 15 is 0 Å². The van der Waals surface area contributed by atoms with Crippen LogP contribution in [0.25, 0.3) is 11.2 Å². The van der Waals surface area contributed by atoms with E-state index in [4.69, 9.17) is 14.5 Å². The van der Waals surface area contributed by atoms with Crippen LogP contribution in [0.3, 0.4) is 0 Å². The molecule has 4 heterocycles. The minimum absolute atomic E-state index is 0. The molecule has 3 aromatic heterocycles. The van der Waals surface area contributed by atoms with Gasteiger partial charge in [-0.25, -0.2) is 18.4 Å². The van der Waals surface area contributed by atoms with Crippen LogP contribution in [0.1, 0.15) is 49.6 Å². The average Bonchev–Trinajstić information content (AvgIpc) is 3.39. The molecule has 0 unspecified atom stereocenters. The van der Waals surface area contributed by atoms with Gasteiger partial charge in [-0.3, -0.25) is 4.72 Å². The number of imidazole rings is 1. The van der Waals surface area contributed by atoms with Gasteiger partial charge in [0.1, 0.15) is 22.0 Å². The van der Waals surface area contributed by atoms with Crippen molar-refractivity contribution in [2.75, 3.05) is 22.7 Å². The number of hydrogen-bond donors (Lipinski definition) is 1. The van der Waals surface area contributed by atoms with Crippen LogP contribution >= 0.6 is 0 Å². The first-order valence-corrected chi connectivity index (χ1v) is 14.3. The van der Waals surface area contributed by atoms with Gasteiger partial charge in [-0.1, -0.05) is 24.2 Å². The average molecular weight is 525 g/mol. The largest absolute Gasteiger partial charge is 0.370 e. The number of aryl methyl sites for hydroxylation is 4. The maximum atomic E-state index is 13.3. The highest BCUT2D eigenvalue weighted by atomic mass is 32.2. The molecule has 4 aromatic rings. The Hall–Kier alpha value is -3.40. The summed E-state index contributed by atoms with van der Waals surface area (Å²) in [6.07, 6.45) is 2.77. The van der Waals surface area contributed by atoms with Gasteiger partial charge in [0.15, 0.2) is 11.5 Å². The molecule has 1 fully saturated rings. The number of nitrogens with one attached hydrogen (secondary N) is 1. The molecule has 10 heteroatoms. The highest BCUT2D eigenvalue weighted by Gasteiger charge is 2.28. The van der Waals surface area contributed by atoms with Crippen LogP contribution in [0.15, 0.2) is 39.8 Å². The molecule has 1 aliphatic rings. The van der Waals surface area contributed by atoms with Crippen LogP contribution in [-0.4, -0.2) is 41.2 Å². The zero-order chi connectivity index (χ0) is 26.3. The molecule has 1 aliphatic heterocycles. The Balaban J connectivity index is 0.00000336. The number of sulfonamides is 1. The summed E-state index contributed by atoms with van der Waals surface area (Å²) >= 11 is 0. The summed E-state index contributed by atoms with van der Waals surface area (Å²) in [4.78, 5) is 12.1. The Bertz CT molecular complexity index is 1550. The molecule has 0 bridgehead atoms. The number of rotatable bonds is 7. The number of fused-ring (bicyclic) bond motifs is 1. The van der Waals surface area contributed by atoms with Gasteiger partial charge in [0.2, 0.25) is 0 Å². The molecular weight excluding hydrogens is 488 g/mol. The van der Waals surface area contributed by atoms with Crippen LogP contribution in [0, 0.1) is 33.6 Å². The first-order valence-electron chi connectivity index (χ1n) is 12.8. The van der Waals surface area contributed by atoms with Crippen LogP contribution in [0.5, 0.6) is 0 Å². The third-order valence-corrected chi connectivity index (χ3v) is 8.74. The highest BCUT2D eigenvalue weighted by molar-refractivity contribution is 7.92. The van der Waals surface area contributed by atoms with Gasteiger partial charge in [-0.2, -0.15) is 0 Å². The molecule has 0 amide bonds. The maximum absolute atomic E-state index is 13.3. The van der Waals surface area contributed by atoms with Crippen molar-refractivity contribution in [3.63, 3.8) is 0 Å². The van der Waals surface area contributed by atoms with E-state index in [1.165, 1.54) is 0 Å². The van der Waals surface area contributed by atoms with Crippen molar-refractivity contribution in [2.45, 2.75) is 65.3 Å². The monoisotopic (exact) mass is 524 g/mol. The van der Waals surface area contributed by atoms with Crippen molar-refractivity contribution in [1.29, 1.82) is 0 Å². The Morgan fingerprint density at radius 1 is 1.11 bits per heavy atom. The lowest BCUT2D eigenvalue weighted by molar-refractivity contribution is 0.355. The molecule has 198 valence electrons. The van der Waals surface area contributed by atoms with Crippen LogP contribution in [0.4, 0.5) is 11.5 Å². The Morgan fingerprint density at radius 3 is 2.51 bits per heavy atom. The third-order valence-electron chi connectivity index (χ3n) is 7.36. The smallest absolute Gasteiger partial charge is 0.265 e. The number of benzene rings is 1. The molecule has 0 radical (unpaired) electrons. The summed E-state index contributed by atoms with van der Waals surface area (Å²) in [7, 11) is -3.83. The number of hydrogen-bond acceptors (Lipinski definition) is 7. The van der Waals surface area contributed by atoms with Gasteiger partial charge in [0.05, 0.1) is 5.69 Å². The van der Waals surface area contributed by atoms with Gasteiger partial charge in [0.25, 0.3) is 10.0 Å². The van der Waals surface area contributed by atoms with Crippen molar-refractivity contribution < 1.29 is 14.4 Å². The maximum Gasteiger partial charge on any atom is 0.265 e. The summed E-state index contributed by atoms with van der Waals surface area (Å²) in [5.74, 6) is 2.35. The van der Waals surface area contributed by atoms with Crippen molar-refractivity contribution >= 4 is 32.7 Å². The van der Waals surface area contributed by atoms with Gasteiger partial charge >= 0.3 is 0 Å². The van der Waals surface area contributed by atoms with E-state index in [-0.39, 0.29) is 12.1 Å². The number of anilines is 2. The van der Waals surface area contributed by atoms with Gasteiger partial charge < -0.3 is 14.0 Å². The first kappa shape index (κ1) is 25.3. The minimum Gasteiger partial charge on any atom is -0.370 e. The topological polar surface area (TPSA) is 106 Å². The predicted molar refractivity (Wildman–Crippen MR) is 147 cm³/mol. The van der Waals surface area contributed by atoms with Crippen molar-refractivity contribution in [3.8, 4) is 0 Å². The second-order valence-electron chi connectivity index (χ2n) is 9.96. The van der Waals surface area contributed by atoms with E-state index < -0.39 is 10.0 Å². The zero-order valence-corrected chi connectivity index (χ0v) is 22.9. The molecule has 5 rings (SSSR count). The van der Waals surface area contributed by atoms with Crippen LogP contribution < -0.4 is 9.62 Å². The van der Waals surface area contributed by atoms with Crippen LogP contribution in [-0.2, 0) is 23.0 Å². The van der Waals surface area contributed by atoms with E-state index in [1.807, 2.05) is 19.1 Å². The fraction of sp³-hybridized carbons (Fsp3) is 0.444. The number of para-hydroxylation sites is 1. The second-order valence-corrected chi connectivity index (χ2v) is 11.6. The molecule has 1 saturated heterocycles. The molecule has 9 nitrogen and oxygen atoms in total. The summed E-state index contributed by atoms with van der Waals surface area (Å²) in [5.41, 5.74) is 5.52. The van der Waals surface area contributed by atoms with Gasteiger partial charge in [-0.05, 0) is 70.2 Å². The normalized spacial score (nSPS) is 15.0. The van der Waals surface area contributed by atoms with E-state index in [0.29, 0.717) is 22.9 Å². The molecule has 0 atom stereocenters. The molecule has 1 N–H and O–H groups in total. The lowest BCUT2D eigenvalue weighted by Gasteiger charge is -2.35. The number of piperidine rings is 1. The minimum atomic E-state index is -3.83. The zero-order valence-electron chi connectivity index (χ0n) is 22.1. The molecular formula is C27H36N6O3S. The predicted octanol–water partition coefficient (Wildman–Crippen LogP) is 5.18. The van der Waals surface area contributed by atoms with Crippen molar-refractivity contribution in [1.82, 2.24) is 19.7 Å². The third kappa shape index (κ3) is 4.82. The lowest BCUT2D eigenvalue weighted by atomic mass is 9.96. The fourth-order valence-corrected chi connectivity index (χ4v) is 6.45. The molecule has 0 spiro atoms. The van der Waals surface area contributed by atoms with Crippen molar-refractivity contribution in [2.24, 2.45) is 5.92 Å². The summed E-state index contributed by atoms with van der Waals surface area (Å²) in [5, 5.41) is 3.87. The van der Waals surface area contributed by atoms with E-state index in [0.717, 1.165) is 67.1 Å². The standard InChI is InChI=1S/C27H34N6O3S.H2/c1-6-24-29-25-17(2)15-18(3)28-27(25)33(24)16-21-11-13-32(14-12-21)22-9-7-8-10-23(22)37(34,35)31-26-19(4)20(5)36-30-26;/h7-10,15,21H,6,11-14,16H2,1-5H3,(H,30,31);1H. The summed E-state index contributed by atoms with van der Waals surface area (Å²) in [6, 6.07) is 9.24. The number of aromatic nitrogens is 4. The Morgan fingerprint density at radius 2 is 1.84 bits per heavy atom. The SMILES string of the molecule is CCc1nc2c(C)cc(C)nc2n1CC1CCN(c2ccccc2S(=O)(=O)Nc2noc(C)c2C)CC1.[HH]. The first-order chi connectivity index (χ1) is 17.7. The second kappa shape index (κ2) is 9.81. The Kier molecular flexibility index (Phi) is 6.70. The quantitative estimate of drug-likeness (QED) is 0.355. The van der Waals surface area contributed by atoms with Crippen LogP contribution in [0.2, 0.25) is 0 Å². The Labute approximate surface area is 219 Å². The molecule has 37 heavy (non-hydrogen) atoms. The number of pyridine rings is 1.